The van der Waals surface area contributed by atoms with Gasteiger partial charge in [0.05, 0.1) is 0 Å². The Morgan fingerprint density at radius 3 is 2.75 bits per heavy atom. The third-order valence-corrected chi connectivity index (χ3v) is 4.48. The van der Waals surface area contributed by atoms with Crippen molar-refractivity contribution in [3.63, 3.8) is 0 Å². The summed E-state index contributed by atoms with van der Waals surface area (Å²) in [5.41, 5.74) is -1.00. The number of hydrogen-bond donors (Lipinski definition) is 1. The Morgan fingerprint density at radius 2 is 2.21 bits per heavy atom. The lowest BCUT2D eigenvalue weighted by Crippen LogP contribution is -2.45. The summed E-state index contributed by atoms with van der Waals surface area (Å²) in [6.07, 6.45) is 2.41. The van der Waals surface area contributed by atoms with E-state index in [1.165, 1.54) is 11.0 Å². The van der Waals surface area contributed by atoms with E-state index in [9.17, 15) is 14.7 Å². The maximum atomic E-state index is 12.4. The molecule has 0 radical (unpaired) electrons. The fourth-order valence-electron chi connectivity index (χ4n) is 3.40. The van der Waals surface area contributed by atoms with Gasteiger partial charge in [-0.05, 0) is 39.7 Å². The SMILES string of the molecule is C=Cc1noc(C[C@]23CC2N(C(=O)OC(C)(C)C)[C@H](C(=O)O)C3)n1. The van der Waals surface area contributed by atoms with E-state index < -0.39 is 23.7 Å². The van der Waals surface area contributed by atoms with Gasteiger partial charge in [0.2, 0.25) is 5.89 Å². The molecule has 8 heteroatoms. The van der Waals surface area contributed by atoms with Gasteiger partial charge >= 0.3 is 12.1 Å². The van der Waals surface area contributed by atoms with Crippen LogP contribution < -0.4 is 0 Å². The zero-order chi connectivity index (χ0) is 17.7. The van der Waals surface area contributed by atoms with Gasteiger partial charge in [-0.1, -0.05) is 11.7 Å². The van der Waals surface area contributed by atoms with Crippen molar-refractivity contribution in [3.05, 3.63) is 18.3 Å². The molecule has 24 heavy (non-hydrogen) atoms. The quantitative estimate of drug-likeness (QED) is 0.898. The molecule has 3 rings (SSSR count). The van der Waals surface area contributed by atoms with Crippen molar-refractivity contribution in [2.75, 3.05) is 0 Å². The van der Waals surface area contributed by atoms with Crippen molar-refractivity contribution >= 4 is 18.1 Å². The van der Waals surface area contributed by atoms with E-state index in [0.717, 1.165) is 0 Å². The van der Waals surface area contributed by atoms with E-state index >= 15 is 0 Å². The number of carbonyl (C=O) groups excluding carboxylic acids is 1. The number of fused-ring (bicyclic) bond motifs is 1. The highest BCUT2D eigenvalue weighted by molar-refractivity contribution is 5.82. The van der Waals surface area contributed by atoms with Crippen LogP contribution in [0.2, 0.25) is 0 Å². The highest BCUT2D eigenvalue weighted by Gasteiger charge is 2.68. The van der Waals surface area contributed by atoms with Crippen LogP contribution in [0.3, 0.4) is 0 Å². The highest BCUT2D eigenvalue weighted by atomic mass is 16.6. The van der Waals surface area contributed by atoms with Gasteiger partial charge in [0.25, 0.3) is 0 Å². The minimum atomic E-state index is -1.02. The van der Waals surface area contributed by atoms with E-state index in [1.54, 1.807) is 20.8 Å². The van der Waals surface area contributed by atoms with Gasteiger partial charge in [0, 0.05) is 17.9 Å². The molecule has 0 aromatic carbocycles. The molecule has 0 spiro atoms. The molecule has 130 valence electrons. The Bertz CT molecular complexity index is 692. The Kier molecular flexibility index (Phi) is 3.65. The minimum Gasteiger partial charge on any atom is -0.480 e. The van der Waals surface area contributed by atoms with E-state index in [-0.39, 0.29) is 11.5 Å². The Hall–Kier alpha value is -2.38. The van der Waals surface area contributed by atoms with Crippen LogP contribution in [0.25, 0.3) is 6.08 Å². The van der Waals surface area contributed by atoms with E-state index in [2.05, 4.69) is 16.7 Å². The predicted octanol–water partition coefficient (Wildman–Crippen LogP) is 2.11. The zero-order valence-corrected chi connectivity index (χ0v) is 14.0. The van der Waals surface area contributed by atoms with E-state index in [1.807, 2.05) is 0 Å². The van der Waals surface area contributed by atoms with Gasteiger partial charge in [-0.2, -0.15) is 4.98 Å². The zero-order valence-electron chi connectivity index (χ0n) is 14.0. The number of likely N-dealkylation sites (tertiary alicyclic amines) is 1. The molecule has 0 bridgehead atoms. The maximum Gasteiger partial charge on any atom is 0.411 e. The molecule has 1 saturated heterocycles. The number of rotatable bonds is 4. The number of hydrogen-bond acceptors (Lipinski definition) is 6. The van der Waals surface area contributed by atoms with Gasteiger partial charge < -0.3 is 14.4 Å². The Balaban J connectivity index is 1.78. The first-order valence-corrected chi connectivity index (χ1v) is 7.84. The molecule has 2 aliphatic rings. The molecule has 3 atom stereocenters. The lowest BCUT2D eigenvalue weighted by atomic mass is 9.96. The highest BCUT2D eigenvalue weighted by Crippen LogP contribution is 2.61. The topological polar surface area (TPSA) is 106 Å². The van der Waals surface area contributed by atoms with Crippen LogP contribution in [0.1, 0.15) is 45.3 Å². The average Bonchev–Trinajstić information content (AvgIpc) is 2.82. The maximum absolute atomic E-state index is 12.4. The minimum absolute atomic E-state index is 0.174. The van der Waals surface area contributed by atoms with Crippen LogP contribution in [0.15, 0.2) is 11.1 Å². The van der Waals surface area contributed by atoms with Crippen molar-refractivity contribution in [2.24, 2.45) is 5.41 Å². The third kappa shape index (κ3) is 2.88. The molecule has 1 amide bonds. The van der Waals surface area contributed by atoms with Crippen LogP contribution in [0.4, 0.5) is 4.79 Å². The first kappa shape index (κ1) is 16.5. The van der Waals surface area contributed by atoms with Crippen LogP contribution >= 0.6 is 0 Å². The molecule has 2 heterocycles. The lowest BCUT2D eigenvalue weighted by Gasteiger charge is -2.28. The van der Waals surface area contributed by atoms with E-state index in [0.29, 0.717) is 31.0 Å². The Labute approximate surface area is 139 Å². The van der Waals surface area contributed by atoms with Crippen molar-refractivity contribution in [1.29, 1.82) is 0 Å². The number of piperidine rings is 1. The fraction of sp³-hybridized carbons (Fsp3) is 0.625. The average molecular weight is 335 g/mol. The van der Waals surface area contributed by atoms with Crippen LogP contribution in [-0.4, -0.2) is 49.9 Å². The first-order valence-electron chi connectivity index (χ1n) is 7.84. The molecule has 1 N–H and O–H groups in total. The number of ether oxygens (including phenoxy) is 1. The molecular weight excluding hydrogens is 314 g/mol. The summed E-state index contributed by atoms with van der Waals surface area (Å²) < 4.78 is 10.5. The van der Waals surface area contributed by atoms with Crippen LogP contribution in [0, 0.1) is 5.41 Å². The van der Waals surface area contributed by atoms with Crippen molar-refractivity contribution < 1.29 is 24.0 Å². The molecule has 1 unspecified atom stereocenters. The number of aliphatic carboxylic acids is 1. The van der Waals surface area contributed by atoms with Crippen molar-refractivity contribution in [3.8, 4) is 0 Å². The normalized spacial score (nSPS) is 28.4. The van der Waals surface area contributed by atoms with Gasteiger partial charge in [-0.15, -0.1) is 0 Å². The molecule has 1 aliphatic heterocycles. The first-order chi connectivity index (χ1) is 11.1. The number of carbonyl (C=O) groups is 2. The fourth-order valence-corrected chi connectivity index (χ4v) is 3.40. The summed E-state index contributed by atoms with van der Waals surface area (Å²) in [6.45, 7) is 8.84. The van der Waals surface area contributed by atoms with Crippen LogP contribution in [-0.2, 0) is 16.0 Å². The van der Waals surface area contributed by atoms with Crippen molar-refractivity contribution in [1.82, 2.24) is 15.0 Å². The van der Waals surface area contributed by atoms with Gasteiger partial charge in [0.1, 0.15) is 11.6 Å². The molecule has 1 aromatic heterocycles. The molecular formula is C16H21N3O5. The number of aromatic nitrogens is 2. The standard InChI is InChI=1S/C16H21N3O5/c1-5-11-17-12(24-18-11)8-16-6-9(13(20)21)19(10(16)7-16)14(22)23-15(2,3)4/h5,9-10H,1,6-8H2,2-4H3,(H,20,21)/t9-,10?,16-/m0/s1. The lowest BCUT2D eigenvalue weighted by molar-refractivity contribution is -0.142. The molecule has 1 saturated carbocycles. The monoisotopic (exact) mass is 335 g/mol. The molecule has 1 aromatic rings. The molecule has 8 nitrogen and oxygen atoms in total. The number of nitrogens with zero attached hydrogens (tertiary/aromatic N) is 3. The summed E-state index contributed by atoms with van der Waals surface area (Å²) >= 11 is 0. The van der Waals surface area contributed by atoms with Gasteiger partial charge in [0.15, 0.2) is 5.82 Å². The number of amides is 1. The summed E-state index contributed by atoms with van der Waals surface area (Å²) in [5.74, 6) is -0.192. The summed E-state index contributed by atoms with van der Waals surface area (Å²) in [5, 5.41) is 13.2. The second kappa shape index (κ2) is 5.32. The summed E-state index contributed by atoms with van der Waals surface area (Å²) in [4.78, 5) is 29.6. The van der Waals surface area contributed by atoms with Crippen LogP contribution in [0.5, 0.6) is 0 Å². The third-order valence-electron chi connectivity index (χ3n) is 4.48. The number of carboxylic acid groups (broad SMARTS) is 1. The molecule has 2 fully saturated rings. The summed E-state index contributed by atoms with van der Waals surface area (Å²) in [7, 11) is 0. The largest absolute Gasteiger partial charge is 0.480 e. The number of carboxylic acids is 1. The van der Waals surface area contributed by atoms with E-state index in [4.69, 9.17) is 9.26 Å². The predicted molar refractivity (Wildman–Crippen MR) is 83.0 cm³/mol. The van der Waals surface area contributed by atoms with Crippen molar-refractivity contribution in [2.45, 2.75) is 57.7 Å². The second-order valence-electron chi connectivity index (χ2n) is 7.46. The van der Waals surface area contributed by atoms with Gasteiger partial charge in [-0.25, -0.2) is 9.59 Å². The Morgan fingerprint density at radius 1 is 1.50 bits per heavy atom. The second-order valence-corrected chi connectivity index (χ2v) is 7.46. The van der Waals surface area contributed by atoms with Gasteiger partial charge in [-0.3, -0.25) is 4.90 Å². The summed E-state index contributed by atoms with van der Waals surface area (Å²) in [6, 6.07) is -1.06. The smallest absolute Gasteiger partial charge is 0.411 e. The molecule has 1 aliphatic carbocycles.